The highest BCUT2D eigenvalue weighted by Gasteiger charge is 2.24. The zero-order chi connectivity index (χ0) is 19.8. The second kappa shape index (κ2) is 7.19. The molecule has 0 saturated carbocycles. The number of fused-ring (bicyclic) bond motifs is 1. The number of H-pyrrole nitrogens is 1. The van der Waals surface area contributed by atoms with Crippen molar-refractivity contribution >= 4 is 46.1 Å². The Morgan fingerprint density at radius 1 is 1.37 bits per heavy atom. The normalized spacial score (nSPS) is 15.8. The zero-order valence-electron chi connectivity index (χ0n) is 15.8. The predicted octanol–water partition coefficient (Wildman–Crippen LogP) is 4.27. The van der Waals surface area contributed by atoms with E-state index in [1.54, 1.807) is 11.0 Å². The second-order valence-corrected chi connectivity index (χ2v) is 8.08. The molecule has 0 aliphatic carbocycles. The number of carbonyl (C=O) groups is 1. The van der Waals surface area contributed by atoms with Crippen molar-refractivity contribution < 1.29 is 9.53 Å². The summed E-state index contributed by atoms with van der Waals surface area (Å²) in [5.74, 6) is 0.527. The fourth-order valence-electron chi connectivity index (χ4n) is 3.15. The summed E-state index contributed by atoms with van der Waals surface area (Å²) < 4.78 is 5.44. The number of nitrogens with one attached hydrogen (secondary N) is 1. The molecule has 0 unspecified atom stereocenters. The number of nitrogens with zero attached hydrogens (tertiary/aromatic N) is 1. The summed E-state index contributed by atoms with van der Waals surface area (Å²) in [6.45, 7) is 6.75. The Balaban J connectivity index is 1.84. The van der Waals surface area contributed by atoms with E-state index in [2.05, 4.69) is 17.1 Å². The van der Waals surface area contributed by atoms with Crippen LogP contribution in [0.5, 0.6) is 0 Å². The summed E-state index contributed by atoms with van der Waals surface area (Å²) in [7, 11) is 0. The number of halogens is 1. The molecule has 0 radical (unpaired) electrons. The number of aromatic amines is 1. The smallest absolute Gasteiger partial charge is 0.410 e. The number of benzene rings is 1. The third-order valence-corrected chi connectivity index (χ3v) is 4.49. The molecule has 1 aliphatic heterocycles. The Kier molecular flexibility index (Phi) is 5.11. The molecule has 0 atom stereocenters. The fourth-order valence-corrected chi connectivity index (χ4v) is 3.26. The van der Waals surface area contributed by atoms with E-state index >= 15 is 0 Å². The molecule has 1 aromatic carbocycles. The number of amides is 1. The summed E-state index contributed by atoms with van der Waals surface area (Å²) in [6, 6.07) is 6.11. The van der Waals surface area contributed by atoms with Crippen LogP contribution in [-0.2, 0) is 4.74 Å². The quantitative estimate of drug-likeness (QED) is 0.669. The van der Waals surface area contributed by atoms with Crippen molar-refractivity contribution in [3.05, 3.63) is 40.6 Å². The van der Waals surface area contributed by atoms with Crippen molar-refractivity contribution in [1.29, 1.82) is 0 Å². The SMILES string of the molecule is CC(C)(C)OC(=O)N1CC=C(c2ccc3[nH]c(N)c(/C=C(\N)Cl)c3c2)CC1. The van der Waals surface area contributed by atoms with E-state index in [0.29, 0.717) is 18.9 Å². The van der Waals surface area contributed by atoms with Gasteiger partial charge in [-0.15, -0.1) is 0 Å². The van der Waals surface area contributed by atoms with Gasteiger partial charge in [-0.3, -0.25) is 0 Å². The van der Waals surface area contributed by atoms with Crippen LogP contribution in [0.2, 0.25) is 0 Å². The lowest BCUT2D eigenvalue weighted by atomic mass is 9.97. The molecule has 3 rings (SSSR count). The van der Waals surface area contributed by atoms with Crippen LogP contribution in [-0.4, -0.2) is 34.7 Å². The molecule has 2 heterocycles. The number of nitrogen functional groups attached to an aromatic ring is 1. The molecule has 27 heavy (non-hydrogen) atoms. The van der Waals surface area contributed by atoms with Gasteiger partial charge in [-0.05, 0) is 56.5 Å². The third kappa shape index (κ3) is 4.39. The monoisotopic (exact) mass is 388 g/mol. The van der Waals surface area contributed by atoms with Gasteiger partial charge < -0.3 is 26.1 Å². The summed E-state index contributed by atoms with van der Waals surface area (Å²) >= 11 is 5.83. The number of hydrogen-bond acceptors (Lipinski definition) is 4. The minimum atomic E-state index is -0.492. The lowest BCUT2D eigenvalue weighted by Gasteiger charge is -2.29. The first-order valence-electron chi connectivity index (χ1n) is 8.85. The number of anilines is 1. The van der Waals surface area contributed by atoms with Crippen molar-refractivity contribution in [2.24, 2.45) is 5.73 Å². The molecular formula is C20H25ClN4O2. The average Bonchev–Trinajstić information content (AvgIpc) is 2.88. The topological polar surface area (TPSA) is 97.4 Å². The van der Waals surface area contributed by atoms with Crippen molar-refractivity contribution in [3.63, 3.8) is 0 Å². The Morgan fingerprint density at radius 3 is 2.70 bits per heavy atom. The largest absolute Gasteiger partial charge is 0.444 e. The second-order valence-electron chi connectivity index (χ2n) is 7.65. The average molecular weight is 389 g/mol. The zero-order valence-corrected chi connectivity index (χ0v) is 16.6. The van der Waals surface area contributed by atoms with Crippen LogP contribution < -0.4 is 11.5 Å². The number of rotatable bonds is 2. The van der Waals surface area contributed by atoms with Crippen molar-refractivity contribution in [1.82, 2.24) is 9.88 Å². The lowest BCUT2D eigenvalue weighted by Crippen LogP contribution is -2.39. The molecule has 7 heteroatoms. The first-order chi connectivity index (χ1) is 12.6. The number of hydrogen-bond donors (Lipinski definition) is 3. The molecule has 6 nitrogen and oxygen atoms in total. The van der Waals surface area contributed by atoms with Gasteiger partial charge in [0.1, 0.15) is 11.4 Å². The fraction of sp³-hybridized carbons (Fsp3) is 0.350. The standard InChI is InChI=1S/C20H25ClN4O2/c1-20(2,3)27-19(26)25-8-6-12(7-9-25)13-4-5-16-14(10-13)15(11-17(21)22)18(23)24-16/h4-6,10-11,24H,7-9,22-23H2,1-3H3/b17-11-. The van der Waals surface area contributed by atoms with E-state index in [-0.39, 0.29) is 11.2 Å². The first-order valence-corrected chi connectivity index (χ1v) is 9.23. The highest BCUT2D eigenvalue weighted by molar-refractivity contribution is 6.31. The van der Waals surface area contributed by atoms with Gasteiger partial charge in [-0.1, -0.05) is 23.7 Å². The molecule has 1 aliphatic rings. The van der Waals surface area contributed by atoms with Gasteiger partial charge in [0.25, 0.3) is 0 Å². The van der Waals surface area contributed by atoms with Crippen molar-refractivity contribution in [2.75, 3.05) is 18.8 Å². The van der Waals surface area contributed by atoms with Crippen molar-refractivity contribution in [3.8, 4) is 0 Å². The van der Waals surface area contributed by atoms with Crippen LogP contribution in [0.4, 0.5) is 10.6 Å². The van der Waals surface area contributed by atoms with Gasteiger partial charge >= 0.3 is 6.09 Å². The van der Waals surface area contributed by atoms with Crippen LogP contribution in [0.25, 0.3) is 22.6 Å². The predicted molar refractivity (Wildman–Crippen MR) is 111 cm³/mol. The Labute approximate surface area is 163 Å². The summed E-state index contributed by atoms with van der Waals surface area (Å²) in [5.41, 5.74) is 15.1. The number of ether oxygens (including phenoxy) is 1. The number of carbonyl (C=O) groups excluding carboxylic acids is 1. The van der Waals surface area contributed by atoms with Crippen LogP contribution in [0, 0.1) is 0 Å². The molecule has 1 amide bonds. The molecule has 1 aromatic heterocycles. The molecule has 5 N–H and O–H groups in total. The van der Waals surface area contributed by atoms with Crippen LogP contribution >= 0.6 is 11.6 Å². The van der Waals surface area contributed by atoms with Gasteiger partial charge in [0.15, 0.2) is 0 Å². The van der Waals surface area contributed by atoms with E-state index in [9.17, 15) is 4.79 Å². The molecule has 2 aromatic rings. The summed E-state index contributed by atoms with van der Waals surface area (Å²) in [6.07, 6.45) is 4.19. The Hall–Kier alpha value is -2.60. The minimum absolute atomic E-state index is 0.179. The maximum atomic E-state index is 12.2. The first kappa shape index (κ1) is 19.2. The van der Waals surface area contributed by atoms with Gasteiger partial charge in [0.2, 0.25) is 0 Å². The van der Waals surface area contributed by atoms with Crippen LogP contribution in [0.1, 0.15) is 38.3 Å². The Bertz CT molecular complexity index is 933. The van der Waals surface area contributed by atoms with Gasteiger partial charge in [0, 0.05) is 29.6 Å². The van der Waals surface area contributed by atoms with E-state index in [1.807, 2.05) is 32.9 Å². The number of aromatic nitrogens is 1. The highest BCUT2D eigenvalue weighted by Crippen LogP contribution is 2.31. The van der Waals surface area contributed by atoms with E-state index < -0.39 is 5.60 Å². The van der Waals surface area contributed by atoms with Crippen LogP contribution in [0.15, 0.2) is 29.4 Å². The molecule has 0 spiro atoms. The lowest BCUT2D eigenvalue weighted by molar-refractivity contribution is 0.0270. The Morgan fingerprint density at radius 2 is 2.11 bits per heavy atom. The van der Waals surface area contributed by atoms with Crippen LogP contribution in [0.3, 0.4) is 0 Å². The maximum absolute atomic E-state index is 12.2. The highest BCUT2D eigenvalue weighted by atomic mass is 35.5. The van der Waals surface area contributed by atoms with E-state index in [0.717, 1.165) is 28.5 Å². The molecule has 144 valence electrons. The van der Waals surface area contributed by atoms with Gasteiger partial charge in [-0.25, -0.2) is 4.79 Å². The molecular weight excluding hydrogens is 364 g/mol. The van der Waals surface area contributed by atoms with Gasteiger partial charge in [0.05, 0.1) is 5.16 Å². The summed E-state index contributed by atoms with van der Waals surface area (Å²) in [4.78, 5) is 17.1. The van der Waals surface area contributed by atoms with E-state index in [1.165, 1.54) is 5.57 Å². The van der Waals surface area contributed by atoms with Crippen molar-refractivity contribution in [2.45, 2.75) is 32.8 Å². The maximum Gasteiger partial charge on any atom is 0.410 e. The summed E-state index contributed by atoms with van der Waals surface area (Å²) in [5, 5.41) is 1.14. The minimum Gasteiger partial charge on any atom is -0.444 e. The van der Waals surface area contributed by atoms with E-state index in [4.69, 9.17) is 27.8 Å². The number of nitrogens with two attached hydrogens (primary N) is 2. The third-order valence-electron chi connectivity index (χ3n) is 4.38. The molecule has 0 fully saturated rings. The molecule has 0 saturated heterocycles. The van der Waals surface area contributed by atoms with Gasteiger partial charge in [-0.2, -0.15) is 0 Å². The molecule has 0 bridgehead atoms.